The average molecular weight is 412 g/mol. The van der Waals surface area contributed by atoms with Crippen molar-refractivity contribution < 1.29 is 4.79 Å². The molecule has 31 heavy (non-hydrogen) atoms. The number of hydrogen-bond acceptors (Lipinski definition) is 3. The molecule has 1 saturated carbocycles. The summed E-state index contributed by atoms with van der Waals surface area (Å²) in [4.78, 5) is 15.2. The number of nitrogens with zero attached hydrogens (tertiary/aromatic N) is 2. The number of nitrogens with one attached hydrogen (secondary N) is 1. The van der Waals surface area contributed by atoms with Crippen molar-refractivity contribution in [3.63, 3.8) is 0 Å². The van der Waals surface area contributed by atoms with E-state index in [1.807, 2.05) is 48.5 Å². The Labute approximate surface area is 184 Å². The zero-order valence-corrected chi connectivity index (χ0v) is 18.2. The largest absolute Gasteiger partial charge is 0.372 e. The van der Waals surface area contributed by atoms with Gasteiger partial charge in [0, 0.05) is 24.2 Å². The second-order valence-corrected chi connectivity index (χ2v) is 7.96. The van der Waals surface area contributed by atoms with Gasteiger partial charge in [0.2, 0.25) is 5.91 Å². The Kier molecular flexibility index (Phi) is 6.17. The van der Waals surface area contributed by atoms with Gasteiger partial charge in [0.25, 0.3) is 0 Å². The zero-order valence-electron chi connectivity index (χ0n) is 18.2. The average Bonchev–Trinajstić information content (AvgIpc) is 3.59. The van der Waals surface area contributed by atoms with Crippen LogP contribution in [0.25, 0.3) is 0 Å². The van der Waals surface area contributed by atoms with E-state index in [1.165, 1.54) is 16.8 Å². The summed E-state index contributed by atoms with van der Waals surface area (Å²) in [6.45, 7) is 6.26. The molecule has 1 fully saturated rings. The topological polar surface area (TPSA) is 44.7 Å². The van der Waals surface area contributed by atoms with Gasteiger partial charge in [-0.3, -0.25) is 4.79 Å². The molecule has 4 heteroatoms. The van der Waals surface area contributed by atoms with Crippen molar-refractivity contribution in [3.8, 4) is 0 Å². The summed E-state index contributed by atoms with van der Waals surface area (Å²) >= 11 is 0. The fraction of sp³-hybridized carbons (Fsp3) is 0.259. The first-order chi connectivity index (χ1) is 15.2. The summed E-state index contributed by atoms with van der Waals surface area (Å²) in [6, 6.07) is 28.8. The number of amides is 1. The van der Waals surface area contributed by atoms with Crippen LogP contribution in [0.5, 0.6) is 0 Å². The molecule has 1 amide bonds. The van der Waals surface area contributed by atoms with E-state index in [9.17, 15) is 4.79 Å². The van der Waals surface area contributed by atoms with Gasteiger partial charge in [-0.15, -0.1) is 0 Å². The summed E-state index contributed by atoms with van der Waals surface area (Å²) in [5.74, 6) is -0.164. The van der Waals surface area contributed by atoms with Gasteiger partial charge in [0.1, 0.15) is 0 Å². The quantitative estimate of drug-likeness (QED) is 0.419. The lowest BCUT2D eigenvalue weighted by molar-refractivity contribution is -0.122. The van der Waals surface area contributed by atoms with Gasteiger partial charge in [-0.05, 0) is 49.1 Å². The van der Waals surface area contributed by atoms with Crippen molar-refractivity contribution in [2.45, 2.75) is 25.7 Å². The molecule has 0 unspecified atom stereocenters. The van der Waals surface area contributed by atoms with E-state index in [2.05, 4.69) is 65.7 Å². The van der Waals surface area contributed by atoms with Crippen LogP contribution in [-0.2, 0) is 10.2 Å². The van der Waals surface area contributed by atoms with Crippen molar-refractivity contribution in [1.82, 2.24) is 5.43 Å². The number of anilines is 1. The molecule has 1 aliphatic carbocycles. The number of carbonyl (C=O) groups is 1. The Morgan fingerprint density at radius 3 is 2.00 bits per heavy atom. The number of hydrogen-bond donors (Lipinski definition) is 1. The highest BCUT2D eigenvalue weighted by Gasteiger charge is 2.60. The van der Waals surface area contributed by atoms with Crippen molar-refractivity contribution in [2.75, 3.05) is 18.0 Å². The molecule has 3 aromatic carbocycles. The zero-order chi connectivity index (χ0) is 21.7. The predicted octanol–water partition coefficient (Wildman–Crippen LogP) is 4.99. The molecule has 1 N–H and O–H groups in total. The van der Waals surface area contributed by atoms with Gasteiger partial charge in [0.15, 0.2) is 0 Å². The SMILES string of the molecule is CCN(CC)c1ccc(C=NNC(=O)[C@@H]2CC2(c2ccccc2)c2ccccc2)cc1. The lowest BCUT2D eigenvalue weighted by atomic mass is 9.85. The molecule has 0 spiro atoms. The standard InChI is InChI=1S/C27H29N3O/c1-3-30(4-2)24-17-15-21(16-18-24)20-28-29-26(31)25-19-27(25,22-11-7-5-8-12-22)23-13-9-6-10-14-23/h5-18,20,25H,3-4,19H2,1-2H3,(H,29,31)/t25-/m0/s1. The number of benzene rings is 3. The summed E-state index contributed by atoms with van der Waals surface area (Å²) in [6.07, 6.45) is 2.50. The van der Waals surface area contributed by atoms with E-state index in [0.717, 1.165) is 25.1 Å². The van der Waals surface area contributed by atoms with Crippen LogP contribution in [-0.4, -0.2) is 25.2 Å². The Balaban J connectivity index is 1.45. The van der Waals surface area contributed by atoms with Gasteiger partial charge >= 0.3 is 0 Å². The van der Waals surface area contributed by atoms with Crippen molar-refractivity contribution in [2.24, 2.45) is 11.0 Å². The fourth-order valence-corrected chi connectivity index (χ4v) is 4.46. The van der Waals surface area contributed by atoms with Crippen molar-refractivity contribution in [3.05, 3.63) is 102 Å². The van der Waals surface area contributed by atoms with Crippen LogP contribution < -0.4 is 10.3 Å². The Morgan fingerprint density at radius 2 is 1.48 bits per heavy atom. The number of carbonyl (C=O) groups excluding carboxylic acids is 1. The highest BCUT2D eigenvalue weighted by molar-refractivity contribution is 5.87. The maximum Gasteiger partial charge on any atom is 0.244 e. The summed E-state index contributed by atoms with van der Waals surface area (Å²) in [5.41, 5.74) is 7.01. The van der Waals surface area contributed by atoms with Crippen molar-refractivity contribution in [1.29, 1.82) is 0 Å². The summed E-state index contributed by atoms with van der Waals surface area (Å²) in [5, 5.41) is 4.23. The highest BCUT2D eigenvalue weighted by atomic mass is 16.2. The minimum absolute atomic E-state index is 0.0382. The normalized spacial score (nSPS) is 16.8. The van der Waals surface area contributed by atoms with Gasteiger partial charge in [-0.25, -0.2) is 5.43 Å². The fourth-order valence-electron chi connectivity index (χ4n) is 4.46. The third-order valence-electron chi connectivity index (χ3n) is 6.27. The molecule has 0 aromatic heterocycles. The van der Waals surface area contributed by atoms with E-state index in [0.29, 0.717) is 0 Å². The van der Waals surface area contributed by atoms with E-state index >= 15 is 0 Å². The Morgan fingerprint density at radius 1 is 0.935 bits per heavy atom. The van der Waals surface area contributed by atoms with Gasteiger partial charge in [-0.1, -0.05) is 72.8 Å². The minimum atomic E-state index is -0.270. The first kappa shape index (κ1) is 20.9. The van der Waals surface area contributed by atoms with Crippen molar-refractivity contribution >= 4 is 17.8 Å². The molecule has 0 saturated heterocycles. The van der Waals surface area contributed by atoms with Crippen LogP contribution in [0.15, 0.2) is 90.0 Å². The highest BCUT2D eigenvalue weighted by Crippen LogP contribution is 2.58. The monoisotopic (exact) mass is 411 g/mol. The third-order valence-corrected chi connectivity index (χ3v) is 6.27. The smallest absolute Gasteiger partial charge is 0.244 e. The van der Waals surface area contributed by atoms with Crippen LogP contribution in [0.4, 0.5) is 5.69 Å². The lowest BCUT2D eigenvalue weighted by Gasteiger charge is -2.20. The molecule has 1 atom stereocenters. The van der Waals surface area contributed by atoms with E-state index in [4.69, 9.17) is 0 Å². The lowest BCUT2D eigenvalue weighted by Crippen LogP contribution is -2.25. The van der Waals surface area contributed by atoms with Gasteiger partial charge < -0.3 is 4.90 Å². The molecule has 0 heterocycles. The minimum Gasteiger partial charge on any atom is -0.372 e. The molecule has 3 aromatic rings. The maximum absolute atomic E-state index is 12.9. The predicted molar refractivity (Wildman–Crippen MR) is 128 cm³/mol. The molecule has 1 aliphatic rings. The van der Waals surface area contributed by atoms with Crippen LogP contribution in [0, 0.1) is 5.92 Å². The maximum atomic E-state index is 12.9. The molecule has 4 nitrogen and oxygen atoms in total. The summed E-state index contributed by atoms with van der Waals surface area (Å²) < 4.78 is 0. The molecule has 0 aliphatic heterocycles. The van der Waals surface area contributed by atoms with Crippen LogP contribution in [0.1, 0.15) is 37.0 Å². The molecular weight excluding hydrogens is 382 g/mol. The first-order valence-electron chi connectivity index (χ1n) is 11.0. The molecule has 0 bridgehead atoms. The number of rotatable bonds is 8. The van der Waals surface area contributed by atoms with Crippen LogP contribution in [0.3, 0.4) is 0 Å². The van der Waals surface area contributed by atoms with Crippen LogP contribution in [0.2, 0.25) is 0 Å². The van der Waals surface area contributed by atoms with Gasteiger partial charge in [0.05, 0.1) is 12.1 Å². The van der Waals surface area contributed by atoms with E-state index in [-0.39, 0.29) is 17.2 Å². The summed E-state index contributed by atoms with van der Waals surface area (Å²) in [7, 11) is 0. The van der Waals surface area contributed by atoms with E-state index < -0.39 is 0 Å². The molecule has 158 valence electrons. The van der Waals surface area contributed by atoms with Gasteiger partial charge in [-0.2, -0.15) is 5.10 Å². The molecular formula is C27H29N3O. The molecule has 4 rings (SSSR count). The van der Waals surface area contributed by atoms with Crippen LogP contribution >= 0.6 is 0 Å². The Hall–Kier alpha value is -3.40. The third kappa shape index (κ3) is 4.24. The number of hydrazone groups is 1. The van der Waals surface area contributed by atoms with E-state index in [1.54, 1.807) is 6.21 Å². The Bertz CT molecular complexity index is 986. The second-order valence-electron chi connectivity index (χ2n) is 7.96. The first-order valence-corrected chi connectivity index (χ1v) is 11.0. The second kappa shape index (κ2) is 9.17. The molecule has 0 radical (unpaired) electrons.